The van der Waals surface area contributed by atoms with Crippen LogP contribution in [0.1, 0.15) is 6.92 Å². The Labute approximate surface area is 42.7 Å². The molecule has 0 aliphatic heterocycles. The fourth-order valence-electron chi connectivity index (χ4n) is 0.0985. The summed E-state index contributed by atoms with van der Waals surface area (Å²) in [6.07, 6.45) is -1.12. The first-order valence-corrected chi connectivity index (χ1v) is 1.77. The van der Waals surface area contributed by atoms with Crippen molar-refractivity contribution in [2.24, 2.45) is 0 Å². The molecule has 0 aromatic rings. The van der Waals surface area contributed by atoms with E-state index in [1.165, 1.54) is 6.92 Å². The third-order valence-corrected chi connectivity index (χ3v) is 0.457. The van der Waals surface area contributed by atoms with Gasteiger partial charge < -0.3 is 9.76 Å². The van der Waals surface area contributed by atoms with Gasteiger partial charge in [-0.25, -0.2) is 0 Å². The highest BCUT2D eigenvalue weighted by Crippen LogP contribution is 1.80. The number of carbonyl (C=O) groups is 1. The summed E-state index contributed by atoms with van der Waals surface area (Å²) in [5.41, 5.74) is 0. The maximum atomic E-state index is 9.91. The molecule has 1 unspecified atom stereocenters. The summed E-state index contributed by atoms with van der Waals surface area (Å²) in [6, 6.07) is 0. The summed E-state index contributed by atoms with van der Waals surface area (Å²) in [7, 11) is 4.36. The van der Waals surface area contributed by atoms with Gasteiger partial charge in [-0.15, -0.1) is 0 Å². The van der Waals surface area contributed by atoms with Crippen LogP contribution in [0.15, 0.2) is 0 Å². The van der Waals surface area contributed by atoms with Crippen LogP contribution in [0.2, 0.25) is 0 Å². The Bertz CT molecular complexity index is 70.6. The molecule has 1 atom stereocenters. The molecule has 0 aromatic carbocycles. The van der Waals surface area contributed by atoms with Crippen molar-refractivity contribution >= 4 is 14.0 Å². The summed E-state index contributed by atoms with van der Waals surface area (Å²) in [6.45, 7) is 1.27. The molecule has 1 N–H and O–H groups in total. The van der Waals surface area contributed by atoms with Crippen LogP contribution in [-0.4, -0.2) is 25.2 Å². The van der Waals surface area contributed by atoms with Crippen LogP contribution in [-0.2, 0) is 9.45 Å². The fraction of sp³-hybridized carbons (Fsp3) is 0.667. The van der Waals surface area contributed by atoms with Crippen molar-refractivity contribution in [2.45, 2.75) is 13.0 Å². The lowest BCUT2D eigenvalue weighted by atomic mass is 10.4. The first-order chi connectivity index (χ1) is 3.18. The largest absolute Gasteiger partial charge is 0.542 e. The lowest BCUT2D eigenvalue weighted by Gasteiger charge is -1.98. The van der Waals surface area contributed by atoms with Crippen molar-refractivity contribution in [1.29, 1.82) is 0 Å². The van der Waals surface area contributed by atoms with E-state index in [-0.39, 0.29) is 0 Å². The number of aliphatic hydroxyl groups is 1. The summed E-state index contributed by atoms with van der Waals surface area (Å²) < 4.78 is 3.62. The third kappa shape index (κ3) is 2.22. The van der Waals surface area contributed by atoms with Crippen molar-refractivity contribution in [3.8, 4) is 0 Å². The number of hydrogen-bond acceptors (Lipinski definition) is 3. The predicted molar refractivity (Wildman–Crippen MR) is 23.5 cm³/mol. The summed E-state index contributed by atoms with van der Waals surface area (Å²) in [4.78, 5) is 9.91. The summed E-state index contributed by atoms with van der Waals surface area (Å²) in [5, 5.41) is 8.27. The van der Waals surface area contributed by atoms with Gasteiger partial charge >= 0.3 is 14.0 Å². The van der Waals surface area contributed by atoms with Crippen molar-refractivity contribution in [3.05, 3.63) is 0 Å². The highest BCUT2D eigenvalue weighted by molar-refractivity contribution is 6.06. The highest BCUT2D eigenvalue weighted by atomic mass is 16.5. The monoisotopic (exact) mass is 100 g/mol. The normalized spacial score (nSPS) is 12.9. The molecule has 0 aromatic heterocycles. The Kier molecular flexibility index (Phi) is 2.44. The standard InChI is InChI=1S/C3H5BO3/c1-2(5)3(6)7-4/h2,5H,1H3. The zero-order valence-electron chi connectivity index (χ0n) is 3.92. The number of hydrogen-bond donors (Lipinski definition) is 1. The lowest BCUT2D eigenvalue weighted by Crippen LogP contribution is -2.17. The van der Waals surface area contributed by atoms with E-state index in [4.69, 9.17) is 5.11 Å². The van der Waals surface area contributed by atoms with Gasteiger partial charge in [-0.1, -0.05) is 0 Å². The minimum absolute atomic E-state index is 0.819. The molecule has 0 rings (SSSR count). The van der Waals surface area contributed by atoms with E-state index in [1.54, 1.807) is 0 Å². The summed E-state index contributed by atoms with van der Waals surface area (Å²) in [5.74, 6) is -0.819. The minimum Gasteiger partial charge on any atom is -0.542 e. The molecule has 0 fully saturated rings. The zero-order valence-corrected chi connectivity index (χ0v) is 3.92. The summed E-state index contributed by atoms with van der Waals surface area (Å²) >= 11 is 0. The van der Waals surface area contributed by atoms with E-state index in [0.717, 1.165) is 0 Å². The molecular weight excluding hydrogens is 94.8 g/mol. The van der Waals surface area contributed by atoms with Gasteiger partial charge in [0.2, 0.25) is 0 Å². The number of aliphatic hydroxyl groups excluding tert-OH is 1. The average Bonchev–Trinajstić information content (AvgIpc) is 1.65. The Morgan fingerprint density at radius 3 is 2.43 bits per heavy atom. The molecule has 7 heavy (non-hydrogen) atoms. The Hall–Kier alpha value is -0.505. The fourth-order valence-corrected chi connectivity index (χ4v) is 0.0985. The third-order valence-electron chi connectivity index (χ3n) is 0.457. The molecule has 0 heterocycles. The van der Waals surface area contributed by atoms with E-state index in [1.807, 2.05) is 0 Å². The van der Waals surface area contributed by atoms with E-state index >= 15 is 0 Å². The molecule has 0 amide bonds. The lowest BCUT2D eigenvalue weighted by molar-refractivity contribution is -0.142. The van der Waals surface area contributed by atoms with Crippen LogP contribution in [0.25, 0.3) is 0 Å². The Morgan fingerprint density at radius 1 is 2.00 bits per heavy atom. The number of carbonyl (C=O) groups excluding carboxylic acids is 1. The van der Waals surface area contributed by atoms with Crippen molar-refractivity contribution < 1.29 is 14.6 Å². The zero-order chi connectivity index (χ0) is 5.86. The van der Waals surface area contributed by atoms with E-state index in [0.29, 0.717) is 0 Å². The van der Waals surface area contributed by atoms with E-state index in [2.05, 4.69) is 12.7 Å². The molecule has 38 valence electrons. The van der Waals surface area contributed by atoms with Gasteiger partial charge in [-0.3, -0.25) is 4.79 Å². The molecule has 0 aliphatic carbocycles. The van der Waals surface area contributed by atoms with Gasteiger partial charge in [-0.2, -0.15) is 0 Å². The molecule has 3 nitrogen and oxygen atoms in total. The van der Waals surface area contributed by atoms with Crippen LogP contribution in [0.3, 0.4) is 0 Å². The smallest absolute Gasteiger partial charge is 0.378 e. The van der Waals surface area contributed by atoms with Crippen LogP contribution in [0.4, 0.5) is 0 Å². The second-order valence-corrected chi connectivity index (χ2v) is 1.11. The second-order valence-electron chi connectivity index (χ2n) is 1.11. The van der Waals surface area contributed by atoms with Gasteiger partial charge in [0.15, 0.2) is 0 Å². The van der Waals surface area contributed by atoms with Crippen molar-refractivity contribution in [2.75, 3.05) is 0 Å². The number of rotatable bonds is 1. The average molecular weight is 99.9 g/mol. The predicted octanol–water partition coefficient (Wildman–Crippen LogP) is -1.01. The topological polar surface area (TPSA) is 46.5 Å². The van der Waals surface area contributed by atoms with Crippen LogP contribution in [0.5, 0.6) is 0 Å². The SMILES string of the molecule is [B]OC(=O)C(C)O. The Balaban J connectivity index is 3.35. The molecule has 0 bridgehead atoms. The molecule has 0 saturated carbocycles. The van der Waals surface area contributed by atoms with Gasteiger partial charge in [0.25, 0.3) is 0 Å². The first-order valence-electron chi connectivity index (χ1n) is 1.77. The van der Waals surface area contributed by atoms with Crippen molar-refractivity contribution in [1.82, 2.24) is 0 Å². The molecule has 0 saturated heterocycles. The Morgan fingerprint density at radius 2 is 2.43 bits per heavy atom. The van der Waals surface area contributed by atoms with Gasteiger partial charge in [0.1, 0.15) is 6.10 Å². The second kappa shape index (κ2) is 2.63. The van der Waals surface area contributed by atoms with Gasteiger partial charge in [0.05, 0.1) is 0 Å². The molecular formula is C3H5BO3. The maximum Gasteiger partial charge on any atom is 0.378 e. The van der Waals surface area contributed by atoms with E-state index in [9.17, 15) is 4.79 Å². The molecule has 0 spiro atoms. The maximum absolute atomic E-state index is 9.91. The van der Waals surface area contributed by atoms with Gasteiger partial charge in [0, 0.05) is 0 Å². The minimum atomic E-state index is -1.12. The quantitative estimate of drug-likeness (QED) is 0.429. The van der Waals surface area contributed by atoms with Gasteiger partial charge in [-0.05, 0) is 6.92 Å². The molecule has 4 heteroatoms. The highest BCUT2D eigenvalue weighted by Gasteiger charge is 2.04. The first kappa shape index (κ1) is 6.49. The van der Waals surface area contributed by atoms with Crippen LogP contribution >= 0.6 is 0 Å². The van der Waals surface area contributed by atoms with Crippen LogP contribution in [0, 0.1) is 0 Å². The molecule has 0 aliphatic rings. The molecule has 2 radical (unpaired) electrons. The van der Waals surface area contributed by atoms with E-state index < -0.39 is 12.1 Å². The van der Waals surface area contributed by atoms with Crippen molar-refractivity contribution in [3.63, 3.8) is 0 Å². The van der Waals surface area contributed by atoms with Crippen LogP contribution < -0.4 is 0 Å².